The average molecular weight is 222 g/mol. The molecule has 0 unspecified atom stereocenters. The van der Waals surface area contributed by atoms with Gasteiger partial charge in [-0.1, -0.05) is 23.7 Å². The van der Waals surface area contributed by atoms with Gasteiger partial charge in [0.2, 0.25) is 0 Å². The Labute approximate surface area is 93.5 Å². The average Bonchev–Trinajstić information content (AvgIpc) is 2.66. The monoisotopic (exact) mass is 221 g/mol. The predicted molar refractivity (Wildman–Crippen MR) is 61.7 cm³/mol. The Hall–Kier alpha value is -1.32. The van der Waals surface area contributed by atoms with Crippen molar-refractivity contribution >= 4 is 11.6 Å². The molecule has 0 atom stereocenters. The lowest BCUT2D eigenvalue weighted by molar-refractivity contribution is 0.714. The summed E-state index contributed by atoms with van der Waals surface area (Å²) in [6.45, 7) is 1.37. The summed E-state index contributed by atoms with van der Waals surface area (Å²) in [5, 5.41) is 0.730. The summed E-state index contributed by atoms with van der Waals surface area (Å²) in [4.78, 5) is 4.11. The number of hydrogen-bond acceptors (Lipinski definition) is 2. The van der Waals surface area contributed by atoms with Crippen molar-refractivity contribution in [3.8, 4) is 11.3 Å². The molecule has 78 valence electrons. The molecule has 0 aliphatic carbocycles. The van der Waals surface area contributed by atoms with Gasteiger partial charge >= 0.3 is 0 Å². The Morgan fingerprint density at radius 2 is 2.27 bits per heavy atom. The minimum Gasteiger partial charge on any atom is -0.329 e. The first-order chi connectivity index (χ1) is 7.31. The minimum absolute atomic E-state index is 0.601. The van der Waals surface area contributed by atoms with Gasteiger partial charge in [-0.05, 0) is 12.1 Å². The molecule has 0 amide bonds. The highest BCUT2D eigenvalue weighted by atomic mass is 35.5. The third-order valence-corrected chi connectivity index (χ3v) is 2.44. The summed E-state index contributed by atoms with van der Waals surface area (Å²) in [5.41, 5.74) is 7.63. The number of nitrogens with two attached hydrogens (primary N) is 1. The number of imidazole rings is 1. The van der Waals surface area contributed by atoms with Crippen LogP contribution in [0.2, 0.25) is 5.02 Å². The molecule has 0 saturated heterocycles. The van der Waals surface area contributed by atoms with Gasteiger partial charge in [-0.3, -0.25) is 0 Å². The van der Waals surface area contributed by atoms with Gasteiger partial charge in [0.15, 0.2) is 0 Å². The second-order valence-corrected chi connectivity index (χ2v) is 3.71. The maximum atomic E-state index is 5.94. The van der Waals surface area contributed by atoms with Crippen molar-refractivity contribution in [1.82, 2.24) is 9.55 Å². The fourth-order valence-corrected chi connectivity index (χ4v) is 1.72. The number of hydrogen-bond donors (Lipinski definition) is 1. The molecule has 15 heavy (non-hydrogen) atoms. The molecule has 4 heteroatoms. The molecule has 2 aromatic rings. The van der Waals surface area contributed by atoms with E-state index in [1.54, 1.807) is 6.33 Å². The van der Waals surface area contributed by atoms with Gasteiger partial charge in [0.1, 0.15) is 0 Å². The Balaban J connectivity index is 2.40. The first-order valence-corrected chi connectivity index (χ1v) is 5.15. The summed E-state index contributed by atoms with van der Waals surface area (Å²) in [6, 6.07) is 7.72. The van der Waals surface area contributed by atoms with Crippen molar-refractivity contribution < 1.29 is 0 Å². The van der Waals surface area contributed by atoms with E-state index in [2.05, 4.69) is 4.98 Å². The van der Waals surface area contributed by atoms with Gasteiger partial charge in [-0.15, -0.1) is 0 Å². The Morgan fingerprint density at radius 1 is 1.40 bits per heavy atom. The largest absolute Gasteiger partial charge is 0.329 e. The molecule has 0 radical (unpaired) electrons. The topological polar surface area (TPSA) is 43.8 Å². The van der Waals surface area contributed by atoms with Gasteiger partial charge in [0.25, 0.3) is 0 Å². The van der Waals surface area contributed by atoms with Crippen molar-refractivity contribution in [3.05, 3.63) is 41.8 Å². The zero-order valence-electron chi connectivity index (χ0n) is 8.23. The quantitative estimate of drug-likeness (QED) is 0.863. The number of nitrogens with zero attached hydrogens (tertiary/aromatic N) is 2. The summed E-state index contributed by atoms with van der Waals surface area (Å²) in [7, 11) is 0. The number of aromatic nitrogens is 2. The highest BCUT2D eigenvalue weighted by Gasteiger charge is 2.04. The lowest BCUT2D eigenvalue weighted by Gasteiger charge is -2.06. The van der Waals surface area contributed by atoms with Crippen LogP contribution in [0.5, 0.6) is 0 Å². The smallest absolute Gasteiger partial charge is 0.0951 e. The molecule has 3 nitrogen and oxygen atoms in total. The van der Waals surface area contributed by atoms with Crippen molar-refractivity contribution in [2.24, 2.45) is 5.73 Å². The van der Waals surface area contributed by atoms with Gasteiger partial charge < -0.3 is 10.3 Å². The van der Waals surface area contributed by atoms with E-state index in [1.165, 1.54) is 0 Å². The molecule has 0 fully saturated rings. The van der Waals surface area contributed by atoms with Crippen LogP contribution in [0, 0.1) is 0 Å². The fourth-order valence-electron chi connectivity index (χ4n) is 1.53. The zero-order chi connectivity index (χ0) is 10.7. The SMILES string of the molecule is NCCn1cncc1-c1cccc(Cl)c1. The predicted octanol–water partition coefficient (Wildman–Crippen LogP) is 2.16. The van der Waals surface area contributed by atoms with Crippen LogP contribution in [-0.2, 0) is 6.54 Å². The first kappa shape index (κ1) is 10.2. The number of benzene rings is 1. The minimum atomic E-state index is 0.601. The second-order valence-electron chi connectivity index (χ2n) is 3.27. The van der Waals surface area contributed by atoms with Crippen LogP contribution in [0.15, 0.2) is 36.8 Å². The van der Waals surface area contributed by atoms with Crippen LogP contribution in [0.4, 0.5) is 0 Å². The molecule has 0 bridgehead atoms. The van der Waals surface area contributed by atoms with Crippen molar-refractivity contribution in [2.45, 2.75) is 6.54 Å². The van der Waals surface area contributed by atoms with Gasteiger partial charge in [-0.25, -0.2) is 4.98 Å². The van der Waals surface area contributed by atoms with Crippen LogP contribution in [-0.4, -0.2) is 16.1 Å². The van der Waals surface area contributed by atoms with Gasteiger partial charge in [0, 0.05) is 23.7 Å². The van der Waals surface area contributed by atoms with Crippen LogP contribution in [0.3, 0.4) is 0 Å². The molecule has 1 heterocycles. The fraction of sp³-hybridized carbons (Fsp3) is 0.182. The molecule has 1 aromatic carbocycles. The van der Waals surface area contributed by atoms with Crippen LogP contribution >= 0.6 is 11.6 Å². The molecule has 0 aliphatic rings. The third kappa shape index (κ3) is 2.19. The number of halogens is 1. The summed E-state index contributed by atoms with van der Waals surface area (Å²) in [6.07, 6.45) is 3.60. The standard InChI is InChI=1S/C11H12ClN3/c12-10-3-1-2-9(6-10)11-7-14-8-15(11)5-4-13/h1-3,6-8H,4-5,13H2. The van der Waals surface area contributed by atoms with E-state index in [1.807, 2.05) is 35.0 Å². The molecular weight excluding hydrogens is 210 g/mol. The summed E-state index contributed by atoms with van der Waals surface area (Å²) >= 11 is 5.94. The van der Waals surface area contributed by atoms with E-state index in [-0.39, 0.29) is 0 Å². The highest BCUT2D eigenvalue weighted by molar-refractivity contribution is 6.30. The molecule has 0 spiro atoms. The van der Waals surface area contributed by atoms with Gasteiger partial charge in [0.05, 0.1) is 18.2 Å². The van der Waals surface area contributed by atoms with Crippen molar-refractivity contribution in [3.63, 3.8) is 0 Å². The molecule has 2 N–H and O–H groups in total. The summed E-state index contributed by atoms with van der Waals surface area (Å²) in [5.74, 6) is 0. The first-order valence-electron chi connectivity index (χ1n) is 4.77. The zero-order valence-corrected chi connectivity index (χ0v) is 8.98. The number of rotatable bonds is 3. The molecule has 0 aliphatic heterocycles. The molecule has 1 aromatic heterocycles. The summed E-state index contributed by atoms with van der Waals surface area (Å²) < 4.78 is 2.02. The van der Waals surface area contributed by atoms with Crippen molar-refractivity contribution in [1.29, 1.82) is 0 Å². The lowest BCUT2D eigenvalue weighted by atomic mass is 10.2. The molecule has 2 rings (SSSR count). The van der Waals surface area contributed by atoms with E-state index in [9.17, 15) is 0 Å². The third-order valence-electron chi connectivity index (χ3n) is 2.20. The Morgan fingerprint density at radius 3 is 3.00 bits per heavy atom. The maximum absolute atomic E-state index is 5.94. The van der Waals surface area contributed by atoms with E-state index >= 15 is 0 Å². The van der Waals surface area contributed by atoms with Crippen LogP contribution < -0.4 is 5.73 Å². The highest BCUT2D eigenvalue weighted by Crippen LogP contribution is 2.22. The van der Waals surface area contributed by atoms with E-state index < -0.39 is 0 Å². The Kier molecular flexibility index (Phi) is 3.04. The molecular formula is C11H12ClN3. The normalized spacial score (nSPS) is 10.5. The van der Waals surface area contributed by atoms with E-state index in [4.69, 9.17) is 17.3 Å². The van der Waals surface area contributed by atoms with E-state index in [0.717, 1.165) is 22.8 Å². The second kappa shape index (κ2) is 4.47. The van der Waals surface area contributed by atoms with Crippen LogP contribution in [0.25, 0.3) is 11.3 Å². The lowest BCUT2D eigenvalue weighted by Crippen LogP contribution is -2.09. The van der Waals surface area contributed by atoms with Crippen molar-refractivity contribution in [2.75, 3.05) is 6.54 Å². The van der Waals surface area contributed by atoms with E-state index in [0.29, 0.717) is 6.54 Å². The van der Waals surface area contributed by atoms with Crippen LogP contribution in [0.1, 0.15) is 0 Å². The maximum Gasteiger partial charge on any atom is 0.0951 e. The van der Waals surface area contributed by atoms with Gasteiger partial charge in [-0.2, -0.15) is 0 Å². The Bertz CT molecular complexity index is 451. The molecule has 0 saturated carbocycles.